The standard InChI is InChI=1S/C20H26FN3O3/c1-2-18-22-10-13-24(18)14-19(25)23-11-3-8-20(26,9-12-23)15-27-17-6-4-16(21)5-7-17/h4-7,10,13,26H,2-3,8-9,11-12,14-15H2,1H3. The molecule has 1 aliphatic rings. The highest BCUT2D eigenvalue weighted by Crippen LogP contribution is 2.24. The summed E-state index contributed by atoms with van der Waals surface area (Å²) in [6.07, 6.45) is 6.02. The van der Waals surface area contributed by atoms with Crippen molar-refractivity contribution in [2.24, 2.45) is 0 Å². The third-order valence-corrected chi connectivity index (χ3v) is 5.01. The van der Waals surface area contributed by atoms with Crippen molar-refractivity contribution in [2.45, 2.75) is 44.8 Å². The topological polar surface area (TPSA) is 67.6 Å². The Balaban J connectivity index is 1.54. The van der Waals surface area contributed by atoms with E-state index in [1.807, 2.05) is 17.7 Å². The molecule has 27 heavy (non-hydrogen) atoms. The molecule has 0 bridgehead atoms. The number of aryl methyl sites for hydroxylation is 1. The minimum Gasteiger partial charge on any atom is -0.491 e. The summed E-state index contributed by atoms with van der Waals surface area (Å²) in [7, 11) is 0. The van der Waals surface area contributed by atoms with Crippen LogP contribution in [0.5, 0.6) is 5.75 Å². The van der Waals surface area contributed by atoms with Gasteiger partial charge in [0.2, 0.25) is 5.91 Å². The molecule has 1 aliphatic heterocycles. The Morgan fingerprint density at radius 1 is 1.30 bits per heavy atom. The number of aliphatic hydroxyl groups is 1. The van der Waals surface area contributed by atoms with Crippen molar-refractivity contribution in [3.8, 4) is 5.75 Å². The lowest BCUT2D eigenvalue weighted by atomic mass is 9.96. The van der Waals surface area contributed by atoms with Crippen molar-refractivity contribution >= 4 is 5.91 Å². The van der Waals surface area contributed by atoms with Gasteiger partial charge in [-0.3, -0.25) is 4.79 Å². The van der Waals surface area contributed by atoms with Crippen LogP contribution in [0.4, 0.5) is 4.39 Å². The first-order chi connectivity index (χ1) is 13.0. The molecule has 2 heterocycles. The normalized spacial score (nSPS) is 20.3. The molecule has 1 saturated heterocycles. The minimum absolute atomic E-state index is 0.0337. The number of halogens is 1. The summed E-state index contributed by atoms with van der Waals surface area (Å²) in [6.45, 7) is 3.51. The third kappa shape index (κ3) is 5.07. The van der Waals surface area contributed by atoms with E-state index in [0.717, 1.165) is 12.2 Å². The minimum atomic E-state index is -0.993. The number of aromatic nitrogens is 2. The molecule has 1 N–H and O–H groups in total. The van der Waals surface area contributed by atoms with Crippen molar-refractivity contribution in [2.75, 3.05) is 19.7 Å². The van der Waals surface area contributed by atoms with Gasteiger partial charge in [0.15, 0.2) is 0 Å². The van der Waals surface area contributed by atoms with Crippen LogP contribution in [0.1, 0.15) is 32.0 Å². The summed E-state index contributed by atoms with van der Waals surface area (Å²) < 4.78 is 20.5. The molecule has 0 saturated carbocycles. The Labute approximate surface area is 158 Å². The van der Waals surface area contributed by atoms with Crippen LogP contribution in [-0.4, -0.2) is 50.8 Å². The lowest BCUT2D eigenvalue weighted by Gasteiger charge is -2.27. The summed E-state index contributed by atoms with van der Waals surface area (Å²) >= 11 is 0. The van der Waals surface area contributed by atoms with Crippen LogP contribution in [0.2, 0.25) is 0 Å². The van der Waals surface area contributed by atoms with Gasteiger partial charge in [-0.2, -0.15) is 0 Å². The summed E-state index contributed by atoms with van der Waals surface area (Å²) in [5.41, 5.74) is -0.993. The second-order valence-corrected chi connectivity index (χ2v) is 7.03. The van der Waals surface area contributed by atoms with E-state index >= 15 is 0 Å². The number of carbonyl (C=O) groups excluding carboxylic acids is 1. The van der Waals surface area contributed by atoms with Crippen molar-refractivity contribution in [3.05, 3.63) is 48.3 Å². The molecule has 0 aliphatic carbocycles. The number of nitrogens with zero attached hydrogens (tertiary/aromatic N) is 3. The average molecular weight is 375 g/mol. The molecule has 1 atom stereocenters. The highest BCUT2D eigenvalue weighted by molar-refractivity contribution is 5.76. The Kier molecular flexibility index (Phi) is 6.11. The average Bonchev–Trinajstić information content (AvgIpc) is 3.01. The lowest BCUT2D eigenvalue weighted by molar-refractivity contribution is -0.132. The molecule has 2 aromatic rings. The highest BCUT2D eigenvalue weighted by atomic mass is 19.1. The zero-order valence-corrected chi connectivity index (χ0v) is 15.6. The number of benzene rings is 1. The molecule has 7 heteroatoms. The molecule has 1 amide bonds. The van der Waals surface area contributed by atoms with Crippen LogP contribution in [0.3, 0.4) is 0 Å². The molecular formula is C20H26FN3O3. The Morgan fingerprint density at radius 2 is 2.07 bits per heavy atom. The largest absolute Gasteiger partial charge is 0.491 e. The summed E-state index contributed by atoms with van der Waals surface area (Å²) in [6, 6.07) is 5.74. The lowest BCUT2D eigenvalue weighted by Crippen LogP contribution is -2.39. The predicted octanol–water partition coefficient (Wildman–Crippen LogP) is 2.41. The second-order valence-electron chi connectivity index (χ2n) is 7.03. The number of amides is 1. The fourth-order valence-electron chi connectivity index (χ4n) is 3.37. The van der Waals surface area contributed by atoms with E-state index in [9.17, 15) is 14.3 Å². The van der Waals surface area contributed by atoms with E-state index in [-0.39, 0.29) is 24.9 Å². The van der Waals surface area contributed by atoms with E-state index in [2.05, 4.69) is 4.98 Å². The predicted molar refractivity (Wildman–Crippen MR) is 98.9 cm³/mol. The molecule has 1 aromatic carbocycles. The molecule has 1 aromatic heterocycles. The van der Waals surface area contributed by atoms with Crippen LogP contribution in [0.25, 0.3) is 0 Å². The number of rotatable bonds is 6. The number of likely N-dealkylation sites (tertiary alicyclic amines) is 1. The fourth-order valence-corrected chi connectivity index (χ4v) is 3.37. The van der Waals surface area contributed by atoms with Crippen LogP contribution >= 0.6 is 0 Å². The first-order valence-electron chi connectivity index (χ1n) is 9.37. The SMILES string of the molecule is CCc1nccn1CC(=O)N1CCCC(O)(COc2ccc(F)cc2)CC1. The van der Waals surface area contributed by atoms with Crippen LogP contribution in [-0.2, 0) is 17.8 Å². The molecule has 1 unspecified atom stereocenters. The fraction of sp³-hybridized carbons (Fsp3) is 0.500. The van der Waals surface area contributed by atoms with Gasteiger partial charge < -0.3 is 19.3 Å². The van der Waals surface area contributed by atoms with Crippen LogP contribution in [0.15, 0.2) is 36.7 Å². The van der Waals surface area contributed by atoms with Gasteiger partial charge in [0.1, 0.15) is 36.1 Å². The van der Waals surface area contributed by atoms with Gasteiger partial charge in [-0.05, 0) is 43.5 Å². The first-order valence-corrected chi connectivity index (χ1v) is 9.37. The maximum Gasteiger partial charge on any atom is 0.242 e. The molecule has 0 radical (unpaired) electrons. The van der Waals surface area contributed by atoms with E-state index in [4.69, 9.17) is 4.74 Å². The number of ether oxygens (including phenoxy) is 1. The zero-order valence-electron chi connectivity index (χ0n) is 15.6. The molecule has 0 spiro atoms. The Bertz CT molecular complexity index is 762. The summed E-state index contributed by atoms with van der Waals surface area (Å²) in [4.78, 5) is 18.7. The monoisotopic (exact) mass is 375 g/mol. The summed E-state index contributed by atoms with van der Waals surface area (Å²) in [5.74, 6) is 1.12. The Hall–Kier alpha value is -2.41. The molecule has 3 rings (SSSR count). The molecule has 6 nitrogen and oxygen atoms in total. The Morgan fingerprint density at radius 3 is 2.81 bits per heavy atom. The van der Waals surface area contributed by atoms with Gasteiger partial charge in [0.05, 0.1) is 0 Å². The van der Waals surface area contributed by atoms with Gasteiger partial charge in [0, 0.05) is 31.9 Å². The van der Waals surface area contributed by atoms with Crippen molar-refractivity contribution in [1.29, 1.82) is 0 Å². The van der Waals surface area contributed by atoms with Gasteiger partial charge in [-0.15, -0.1) is 0 Å². The third-order valence-electron chi connectivity index (χ3n) is 5.01. The maximum absolute atomic E-state index is 13.0. The summed E-state index contributed by atoms with van der Waals surface area (Å²) in [5, 5.41) is 10.9. The van der Waals surface area contributed by atoms with Crippen LogP contribution < -0.4 is 4.74 Å². The number of carbonyl (C=O) groups is 1. The van der Waals surface area contributed by atoms with Gasteiger partial charge in [-0.25, -0.2) is 9.37 Å². The second kappa shape index (κ2) is 8.52. The quantitative estimate of drug-likeness (QED) is 0.842. The van der Waals surface area contributed by atoms with E-state index in [1.54, 1.807) is 23.2 Å². The van der Waals surface area contributed by atoms with E-state index in [0.29, 0.717) is 38.1 Å². The van der Waals surface area contributed by atoms with Crippen LogP contribution in [0, 0.1) is 5.82 Å². The van der Waals surface area contributed by atoms with Crippen molar-refractivity contribution in [3.63, 3.8) is 0 Å². The maximum atomic E-state index is 13.0. The number of hydrogen-bond acceptors (Lipinski definition) is 4. The van der Waals surface area contributed by atoms with Crippen molar-refractivity contribution < 1.29 is 19.0 Å². The van der Waals surface area contributed by atoms with Gasteiger partial charge in [0.25, 0.3) is 0 Å². The number of imidazole rings is 1. The van der Waals surface area contributed by atoms with E-state index < -0.39 is 5.60 Å². The van der Waals surface area contributed by atoms with E-state index in [1.165, 1.54) is 12.1 Å². The molecule has 1 fully saturated rings. The van der Waals surface area contributed by atoms with Gasteiger partial charge >= 0.3 is 0 Å². The highest BCUT2D eigenvalue weighted by Gasteiger charge is 2.32. The zero-order chi connectivity index (χ0) is 19.3. The van der Waals surface area contributed by atoms with Gasteiger partial charge in [-0.1, -0.05) is 6.92 Å². The number of hydrogen-bond donors (Lipinski definition) is 1. The van der Waals surface area contributed by atoms with Crippen molar-refractivity contribution in [1.82, 2.24) is 14.5 Å². The smallest absolute Gasteiger partial charge is 0.242 e. The molecule has 146 valence electrons. The molecular weight excluding hydrogens is 349 g/mol. The first kappa shape index (κ1) is 19.4.